The third-order valence-corrected chi connectivity index (χ3v) is 5.18. The maximum absolute atomic E-state index is 5.49. The highest BCUT2D eigenvalue weighted by atomic mass is 16.5. The molecule has 0 aliphatic carbocycles. The Bertz CT molecular complexity index is 963. The third-order valence-electron chi connectivity index (χ3n) is 5.18. The van der Waals surface area contributed by atoms with Gasteiger partial charge in [-0.05, 0) is 19.1 Å². The van der Waals surface area contributed by atoms with Gasteiger partial charge in [-0.25, -0.2) is 0 Å². The van der Waals surface area contributed by atoms with Crippen molar-refractivity contribution < 1.29 is 9.05 Å². The molecular formula is C21H28N6O2. The Hall–Kier alpha value is -2.90. The zero-order valence-electron chi connectivity index (χ0n) is 17.7. The molecule has 154 valence electrons. The fraction of sp³-hybridized carbons (Fsp3) is 0.524. The number of benzene rings is 1. The van der Waals surface area contributed by atoms with Crippen molar-refractivity contribution in [3.05, 3.63) is 47.7 Å². The summed E-state index contributed by atoms with van der Waals surface area (Å²) >= 11 is 0. The molecule has 0 spiro atoms. The summed E-state index contributed by atoms with van der Waals surface area (Å²) in [5.74, 6) is 3.28. The minimum atomic E-state index is 0.249. The number of rotatable bonds is 6. The first-order valence-corrected chi connectivity index (χ1v) is 10.2. The maximum Gasteiger partial charge on any atom is 0.246 e. The third kappa shape index (κ3) is 3.97. The molecule has 0 amide bonds. The number of hydrogen-bond donors (Lipinski definition) is 0. The van der Waals surface area contributed by atoms with Crippen LogP contribution in [-0.2, 0) is 13.1 Å². The summed E-state index contributed by atoms with van der Waals surface area (Å²) in [5, 5.41) is 8.19. The summed E-state index contributed by atoms with van der Waals surface area (Å²) in [6, 6.07) is 8.62. The van der Waals surface area contributed by atoms with Gasteiger partial charge in [0.2, 0.25) is 11.8 Å². The highest BCUT2D eigenvalue weighted by Gasteiger charge is 2.30. The fourth-order valence-corrected chi connectivity index (χ4v) is 3.56. The molecule has 0 saturated heterocycles. The van der Waals surface area contributed by atoms with E-state index in [9.17, 15) is 0 Å². The highest BCUT2D eigenvalue weighted by molar-refractivity contribution is 5.73. The van der Waals surface area contributed by atoms with E-state index in [0.717, 1.165) is 29.6 Å². The molecule has 1 aromatic carbocycles. The van der Waals surface area contributed by atoms with Gasteiger partial charge < -0.3 is 18.8 Å². The van der Waals surface area contributed by atoms with Crippen LogP contribution in [0, 0.1) is 0 Å². The molecule has 0 fully saturated rings. The van der Waals surface area contributed by atoms with Crippen LogP contribution < -0.4 is 9.80 Å². The van der Waals surface area contributed by atoms with Crippen LogP contribution in [-0.4, -0.2) is 32.9 Å². The Morgan fingerprint density at radius 1 is 0.897 bits per heavy atom. The Morgan fingerprint density at radius 3 is 2.00 bits per heavy atom. The predicted octanol–water partition coefficient (Wildman–Crippen LogP) is 4.11. The molecule has 2 aromatic heterocycles. The molecule has 3 heterocycles. The van der Waals surface area contributed by atoms with Crippen LogP contribution in [0.1, 0.15) is 69.9 Å². The van der Waals surface area contributed by atoms with Gasteiger partial charge in [0.05, 0.1) is 24.5 Å². The van der Waals surface area contributed by atoms with E-state index in [4.69, 9.17) is 9.05 Å². The van der Waals surface area contributed by atoms with Crippen molar-refractivity contribution in [2.75, 3.05) is 16.3 Å². The standard InChI is InChI=1S/C21H28N6O2/c1-13(2)20-22-18(28-24-20)11-26-10-15(5)27(17-9-7-6-8-16(17)26)12-19-23-21(14(3)4)25-29-19/h6-9,13-15H,10-12H2,1-5H3/t15-/m1/s1. The summed E-state index contributed by atoms with van der Waals surface area (Å²) < 4.78 is 11.0. The van der Waals surface area contributed by atoms with Gasteiger partial charge in [0.1, 0.15) is 0 Å². The maximum atomic E-state index is 5.49. The van der Waals surface area contributed by atoms with Gasteiger partial charge >= 0.3 is 0 Å². The normalized spacial score (nSPS) is 16.7. The van der Waals surface area contributed by atoms with Gasteiger partial charge in [0, 0.05) is 24.4 Å². The van der Waals surface area contributed by atoms with Crippen LogP contribution in [0.5, 0.6) is 0 Å². The van der Waals surface area contributed by atoms with E-state index < -0.39 is 0 Å². The van der Waals surface area contributed by atoms with Crippen LogP contribution in [0.3, 0.4) is 0 Å². The molecule has 0 saturated carbocycles. The molecule has 29 heavy (non-hydrogen) atoms. The summed E-state index contributed by atoms with van der Waals surface area (Å²) in [7, 11) is 0. The zero-order chi connectivity index (χ0) is 20.5. The van der Waals surface area contributed by atoms with Gasteiger partial charge in [-0.1, -0.05) is 50.1 Å². The number of hydrogen-bond acceptors (Lipinski definition) is 8. The number of aromatic nitrogens is 4. The quantitative estimate of drug-likeness (QED) is 0.615. The minimum Gasteiger partial charge on any atom is -0.358 e. The second kappa shape index (κ2) is 7.85. The van der Waals surface area contributed by atoms with E-state index in [0.29, 0.717) is 24.9 Å². The van der Waals surface area contributed by atoms with Crippen LogP contribution in [0.15, 0.2) is 33.3 Å². The molecular weight excluding hydrogens is 368 g/mol. The van der Waals surface area contributed by atoms with Crippen molar-refractivity contribution >= 4 is 11.4 Å². The Balaban J connectivity index is 1.57. The molecule has 8 nitrogen and oxygen atoms in total. The number of para-hydroxylation sites is 2. The van der Waals surface area contributed by atoms with E-state index in [1.807, 2.05) is 0 Å². The van der Waals surface area contributed by atoms with Crippen molar-refractivity contribution in [3.8, 4) is 0 Å². The van der Waals surface area contributed by atoms with Gasteiger partial charge in [-0.2, -0.15) is 9.97 Å². The van der Waals surface area contributed by atoms with Crippen LogP contribution in [0.4, 0.5) is 11.4 Å². The average Bonchev–Trinajstić information content (AvgIpc) is 3.34. The van der Waals surface area contributed by atoms with Crippen molar-refractivity contribution in [2.24, 2.45) is 0 Å². The van der Waals surface area contributed by atoms with Crippen molar-refractivity contribution in [2.45, 2.75) is 65.6 Å². The first kappa shape index (κ1) is 19.4. The SMILES string of the molecule is CC(C)c1noc(CN2C[C@@H](C)N(Cc3nc(C(C)C)no3)c3ccccc32)n1. The molecule has 3 aromatic rings. The topological polar surface area (TPSA) is 84.3 Å². The first-order chi connectivity index (χ1) is 13.9. The molecule has 1 aliphatic heterocycles. The Morgan fingerprint density at radius 2 is 1.45 bits per heavy atom. The smallest absolute Gasteiger partial charge is 0.246 e. The molecule has 0 unspecified atom stereocenters. The number of anilines is 2. The average molecular weight is 396 g/mol. The van der Waals surface area contributed by atoms with Gasteiger partial charge in [-0.3, -0.25) is 0 Å². The molecule has 1 atom stereocenters. The summed E-state index contributed by atoms with van der Waals surface area (Å²) in [4.78, 5) is 13.7. The van der Waals surface area contributed by atoms with E-state index in [2.05, 4.69) is 89.0 Å². The number of nitrogens with zero attached hydrogens (tertiary/aromatic N) is 6. The van der Waals surface area contributed by atoms with Crippen LogP contribution >= 0.6 is 0 Å². The summed E-state index contributed by atoms with van der Waals surface area (Å²) in [6.07, 6.45) is 0. The lowest BCUT2D eigenvalue weighted by Crippen LogP contribution is -2.47. The molecule has 0 radical (unpaired) electrons. The van der Waals surface area contributed by atoms with Crippen LogP contribution in [0.2, 0.25) is 0 Å². The van der Waals surface area contributed by atoms with Crippen molar-refractivity contribution in [3.63, 3.8) is 0 Å². The van der Waals surface area contributed by atoms with Gasteiger partial charge in [0.25, 0.3) is 0 Å². The largest absolute Gasteiger partial charge is 0.358 e. The summed E-state index contributed by atoms with van der Waals surface area (Å²) in [5.41, 5.74) is 2.28. The highest BCUT2D eigenvalue weighted by Crippen LogP contribution is 2.37. The van der Waals surface area contributed by atoms with E-state index in [1.54, 1.807) is 0 Å². The number of fused-ring (bicyclic) bond motifs is 1. The van der Waals surface area contributed by atoms with E-state index in [1.165, 1.54) is 0 Å². The van der Waals surface area contributed by atoms with Gasteiger partial charge in [-0.15, -0.1) is 0 Å². The fourth-order valence-electron chi connectivity index (χ4n) is 3.56. The zero-order valence-corrected chi connectivity index (χ0v) is 17.7. The summed E-state index contributed by atoms with van der Waals surface area (Å²) in [6.45, 7) is 12.5. The Labute approximate surface area is 170 Å². The first-order valence-electron chi connectivity index (χ1n) is 10.2. The minimum absolute atomic E-state index is 0.249. The predicted molar refractivity (Wildman–Crippen MR) is 110 cm³/mol. The lowest BCUT2D eigenvalue weighted by Gasteiger charge is -2.42. The van der Waals surface area contributed by atoms with Crippen LogP contribution in [0.25, 0.3) is 0 Å². The lowest BCUT2D eigenvalue weighted by molar-refractivity contribution is 0.359. The second-order valence-electron chi connectivity index (χ2n) is 8.25. The molecule has 0 N–H and O–H groups in total. The molecule has 8 heteroatoms. The van der Waals surface area contributed by atoms with E-state index >= 15 is 0 Å². The van der Waals surface area contributed by atoms with E-state index in [-0.39, 0.29) is 17.9 Å². The lowest BCUT2D eigenvalue weighted by atomic mass is 10.1. The van der Waals surface area contributed by atoms with Crippen molar-refractivity contribution in [1.82, 2.24) is 20.3 Å². The molecule has 0 bridgehead atoms. The monoisotopic (exact) mass is 396 g/mol. The molecule has 1 aliphatic rings. The van der Waals surface area contributed by atoms with Crippen molar-refractivity contribution in [1.29, 1.82) is 0 Å². The van der Waals surface area contributed by atoms with Gasteiger partial charge in [0.15, 0.2) is 11.6 Å². The molecule has 4 rings (SSSR count). The second-order valence-corrected chi connectivity index (χ2v) is 8.25. The Kier molecular flexibility index (Phi) is 5.25.